The summed E-state index contributed by atoms with van der Waals surface area (Å²) in [5, 5.41) is 3.53. The van der Waals surface area contributed by atoms with Gasteiger partial charge in [-0.25, -0.2) is 8.42 Å². The van der Waals surface area contributed by atoms with E-state index in [-0.39, 0.29) is 11.0 Å². The Morgan fingerprint density at radius 2 is 1.95 bits per heavy atom. The van der Waals surface area contributed by atoms with E-state index in [2.05, 4.69) is 39.9 Å². The van der Waals surface area contributed by atoms with Crippen molar-refractivity contribution in [1.82, 2.24) is 5.32 Å². The van der Waals surface area contributed by atoms with Gasteiger partial charge in [0, 0.05) is 12.1 Å². The Morgan fingerprint density at radius 3 is 2.37 bits per heavy atom. The zero-order valence-electron chi connectivity index (χ0n) is 13.3. The number of hydrogen-bond donors (Lipinski definition) is 1. The van der Waals surface area contributed by atoms with Crippen LogP contribution in [0.25, 0.3) is 0 Å². The molecule has 114 valence electrons. The van der Waals surface area contributed by atoms with E-state index >= 15 is 0 Å². The van der Waals surface area contributed by atoms with Crippen LogP contribution in [0.3, 0.4) is 0 Å². The lowest BCUT2D eigenvalue weighted by Crippen LogP contribution is -2.45. The van der Waals surface area contributed by atoms with Gasteiger partial charge in [-0.1, -0.05) is 26.7 Å². The van der Waals surface area contributed by atoms with Crippen molar-refractivity contribution < 1.29 is 8.42 Å². The van der Waals surface area contributed by atoms with E-state index < -0.39 is 9.84 Å². The van der Waals surface area contributed by atoms with Crippen LogP contribution in [0, 0.1) is 11.3 Å². The van der Waals surface area contributed by atoms with Crippen LogP contribution >= 0.6 is 0 Å². The fraction of sp³-hybridized carbons (Fsp3) is 1.00. The van der Waals surface area contributed by atoms with Gasteiger partial charge in [0.1, 0.15) is 0 Å². The first-order valence-corrected chi connectivity index (χ1v) is 9.35. The van der Waals surface area contributed by atoms with Crippen LogP contribution in [0.1, 0.15) is 60.3 Å². The van der Waals surface area contributed by atoms with Crippen LogP contribution in [-0.2, 0) is 9.84 Å². The summed E-state index contributed by atoms with van der Waals surface area (Å²) in [5.41, 5.74) is 0.00798. The van der Waals surface area contributed by atoms with Gasteiger partial charge in [-0.15, -0.1) is 0 Å². The molecular formula is C15H31NO2S. The summed E-state index contributed by atoms with van der Waals surface area (Å²) >= 11 is 0. The second-order valence-electron chi connectivity index (χ2n) is 7.54. The topological polar surface area (TPSA) is 46.2 Å². The van der Waals surface area contributed by atoms with E-state index in [1.165, 1.54) is 12.8 Å². The SMILES string of the molecule is CCCC(C)CC1(CNC(C)(C)C)CCS(=O)(=O)C1. The zero-order valence-corrected chi connectivity index (χ0v) is 14.1. The molecule has 0 radical (unpaired) electrons. The molecule has 1 heterocycles. The fourth-order valence-electron chi connectivity index (χ4n) is 3.14. The Kier molecular flexibility index (Phi) is 5.47. The first-order valence-electron chi connectivity index (χ1n) is 7.53. The largest absolute Gasteiger partial charge is 0.311 e. The number of hydrogen-bond acceptors (Lipinski definition) is 3. The van der Waals surface area contributed by atoms with Gasteiger partial charge < -0.3 is 5.32 Å². The zero-order chi connectivity index (χ0) is 14.7. The maximum Gasteiger partial charge on any atom is 0.150 e. The van der Waals surface area contributed by atoms with E-state index in [9.17, 15) is 8.42 Å². The summed E-state index contributed by atoms with van der Waals surface area (Å²) < 4.78 is 23.8. The summed E-state index contributed by atoms with van der Waals surface area (Å²) in [7, 11) is -2.82. The number of sulfone groups is 1. The van der Waals surface area contributed by atoms with Crippen molar-refractivity contribution in [3.8, 4) is 0 Å². The molecule has 0 bridgehead atoms. The standard InChI is InChI=1S/C15H31NO2S/c1-6-7-13(2)10-15(11-16-14(3,4)5)8-9-19(17,18)12-15/h13,16H,6-12H2,1-5H3. The van der Waals surface area contributed by atoms with Gasteiger partial charge >= 0.3 is 0 Å². The lowest BCUT2D eigenvalue weighted by Gasteiger charge is -2.34. The quantitative estimate of drug-likeness (QED) is 0.817. The normalized spacial score (nSPS) is 28.5. The lowest BCUT2D eigenvalue weighted by molar-refractivity contribution is 0.216. The van der Waals surface area contributed by atoms with Crippen molar-refractivity contribution in [2.45, 2.75) is 65.8 Å². The Morgan fingerprint density at radius 1 is 1.32 bits per heavy atom. The molecule has 1 aliphatic heterocycles. The Balaban J connectivity index is 2.74. The lowest BCUT2D eigenvalue weighted by atomic mass is 9.77. The van der Waals surface area contributed by atoms with Crippen molar-refractivity contribution in [2.24, 2.45) is 11.3 Å². The average Bonchev–Trinajstić information content (AvgIpc) is 2.52. The fourth-order valence-corrected chi connectivity index (χ4v) is 5.33. The van der Waals surface area contributed by atoms with Gasteiger partial charge in [0.25, 0.3) is 0 Å². The maximum atomic E-state index is 11.9. The van der Waals surface area contributed by atoms with E-state index in [0.29, 0.717) is 17.4 Å². The minimum absolute atomic E-state index is 0.0410. The molecule has 0 spiro atoms. The molecule has 1 N–H and O–H groups in total. The van der Waals surface area contributed by atoms with E-state index in [1.54, 1.807) is 0 Å². The van der Waals surface area contributed by atoms with Gasteiger partial charge in [0.2, 0.25) is 0 Å². The minimum atomic E-state index is -2.82. The third-order valence-corrected chi connectivity index (χ3v) is 5.90. The molecule has 0 aromatic rings. The van der Waals surface area contributed by atoms with Crippen LogP contribution in [0.4, 0.5) is 0 Å². The summed E-state index contributed by atoms with van der Waals surface area (Å²) in [6.45, 7) is 11.7. The van der Waals surface area contributed by atoms with E-state index in [0.717, 1.165) is 19.4 Å². The van der Waals surface area contributed by atoms with Crippen LogP contribution in [0.5, 0.6) is 0 Å². The van der Waals surface area contributed by atoms with Crippen LogP contribution in [-0.4, -0.2) is 32.0 Å². The number of rotatable bonds is 6. The maximum absolute atomic E-state index is 11.9. The van der Waals surface area contributed by atoms with E-state index in [1.807, 2.05) is 0 Å². The second-order valence-corrected chi connectivity index (χ2v) is 9.73. The average molecular weight is 289 g/mol. The molecule has 0 aromatic heterocycles. The number of nitrogens with one attached hydrogen (secondary N) is 1. The van der Waals surface area contributed by atoms with Crippen molar-refractivity contribution >= 4 is 9.84 Å². The molecule has 1 rings (SSSR count). The molecule has 1 aliphatic rings. The Bertz CT molecular complexity index is 383. The molecular weight excluding hydrogens is 258 g/mol. The smallest absolute Gasteiger partial charge is 0.150 e. The van der Waals surface area contributed by atoms with Crippen molar-refractivity contribution in [2.75, 3.05) is 18.1 Å². The molecule has 3 nitrogen and oxygen atoms in total. The third-order valence-electron chi connectivity index (χ3n) is 4.03. The van der Waals surface area contributed by atoms with E-state index in [4.69, 9.17) is 0 Å². The van der Waals surface area contributed by atoms with Crippen molar-refractivity contribution in [3.63, 3.8) is 0 Å². The van der Waals surface area contributed by atoms with Crippen LogP contribution in [0.2, 0.25) is 0 Å². The molecule has 0 saturated carbocycles. The van der Waals surface area contributed by atoms with Gasteiger partial charge in [0.15, 0.2) is 9.84 Å². The predicted octanol–water partition coefficient (Wildman–Crippen LogP) is 3.01. The molecule has 4 heteroatoms. The van der Waals surface area contributed by atoms with Gasteiger partial charge in [0.05, 0.1) is 11.5 Å². The Hall–Kier alpha value is -0.0900. The second kappa shape index (κ2) is 6.13. The van der Waals surface area contributed by atoms with Crippen molar-refractivity contribution in [1.29, 1.82) is 0 Å². The van der Waals surface area contributed by atoms with Gasteiger partial charge in [-0.3, -0.25) is 0 Å². The monoisotopic (exact) mass is 289 g/mol. The molecule has 0 aromatic carbocycles. The highest BCUT2D eigenvalue weighted by atomic mass is 32.2. The molecule has 0 amide bonds. The molecule has 2 atom stereocenters. The third kappa shape index (κ3) is 5.82. The first-order chi connectivity index (χ1) is 8.58. The Labute approximate surface area is 119 Å². The highest BCUT2D eigenvalue weighted by Crippen LogP contribution is 2.39. The molecule has 1 fully saturated rings. The molecule has 1 saturated heterocycles. The van der Waals surface area contributed by atoms with Crippen molar-refractivity contribution in [3.05, 3.63) is 0 Å². The van der Waals surface area contributed by atoms with Gasteiger partial charge in [-0.2, -0.15) is 0 Å². The highest BCUT2D eigenvalue weighted by Gasteiger charge is 2.43. The predicted molar refractivity (Wildman–Crippen MR) is 82.1 cm³/mol. The summed E-state index contributed by atoms with van der Waals surface area (Å²) in [6.07, 6.45) is 4.23. The molecule has 2 unspecified atom stereocenters. The molecule has 19 heavy (non-hydrogen) atoms. The van der Waals surface area contributed by atoms with Gasteiger partial charge in [-0.05, 0) is 44.9 Å². The summed E-state index contributed by atoms with van der Waals surface area (Å²) in [4.78, 5) is 0. The summed E-state index contributed by atoms with van der Waals surface area (Å²) in [6, 6.07) is 0. The summed E-state index contributed by atoms with van der Waals surface area (Å²) in [5.74, 6) is 1.36. The van der Waals surface area contributed by atoms with Crippen LogP contribution in [0.15, 0.2) is 0 Å². The molecule has 0 aliphatic carbocycles. The highest BCUT2D eigenvalue weighted by molar-refractivity contribution is 7.91. The van der Waals surface area contributed by atoms with Crippen LogP contribution < -0.4 is 5.32 Å². The first kappa shape index (κ1) is 17.0. The minimum Gasteiger partial charge on any atom is -0.311 e.